The molecule has 6 heteroatoms. The molecule has 0 saturated heterocycles. The Kier molecular flexibility index (Phi) is 14.0. The van der Waals surface area contributed by atoms with Crippen LogP contribution < -0.4 is 5.73 Å². The number of nitrogens with zero attached hydrogens (tertiary/aromatic N) is 1. The number of hydrogen-bond acceptors (Lipinski definition) is 6. The number of rotatable bonds is 14. The molecule has 0 amide bonds. The molecule has 0 bridgehead atoms. The normalized spacial score (nSPS) is 10.7. The molecule has 130 valence electrons. The minimum Gasteiger partial charge on any atom is -0.466 e. The first-order valence-corrected chi connectivity index (χ1v) is 8.37. The highest BCUT2D eigenvalue weighted by Crippen LogP contribution is 1.99. The largest absolute Gasteiger partial charge is 0.466 e. The predicted molar refractivity (Wildman–Crippen MR) is 86.5 cm³/mol. The van der Waals surface area contributed by atoms with Gasteiger partial charge in [0.1, 0.15) is 0 Å². The van der Waals surface area contributed by atoms with E-state index in [4.69, 9.17) is 15.2 Å². The van der Waals surface area contributed by atoms with Crippen LogP contribution in [0.15, 0.2) is 0 Å². The van der Waals surface area contributed by atoms with Crippen LogP contribution >= 0.6 is 0 Å². The Morgan fingerprint density at radius 2 is 1.32 bits per heavy atom. The van der Waals surface area contributed by atoms with Crippen LogP contribution in [0.2, 0.25) is 0 Å². The van der Waals surface area contributed by atoms with Gasteiger partial charge in [-0.25, -0.2) is 0 Å². The van der Waals surface area contributed by atoms with Gasteiger partial charge in [0.2, 0.25) is 0 Å². The van der Waals surface area contributed by atoms with Gasteiger partial charge in [-0.15, -0.1) is 0 Å². The van der Waals surface area contributed by atoms with Crippen molar-refractivity contribution < 1.29 is 19.1 Å². The Hall–Kier alpha value is -1.14. The van der Waals surface area contributed by atoms with Gasteiger partial charge in [0.15, 0.2) is 0 Å². The van der Waals surface area contributed by atoms with Gasteiger partial charge in [0.05, 0.1) is 26.1 Å². The predicted octanol–water partition coefficient (Wildman–Crippen LogP) is 1.71. The smallest absolute Gasteiger partial charge is 0.307 e. The van der Waals surface area contributed by atoms with Gasteiger partial charge < -0.3 is 20.1 Å². The molecular weight excluding hydrogens is 284 g/mol. The monoisotopic (exact) mass is 316 g/mol. The number of carbonyl (C=O) groups excluding carboxylic acids is 2. The van der Waals surface area contributed by atoms with Crippen LogP contribution in [0.1, 0.15) is 52.4 Å². The Balaban J connectivity index is 3.89. The van der Waals surface area contributed by atoms with Gasteiger partial charge >= 0.3 is 11.9 Å². The van der Waals surface area contributed by atoms with E-state index in [0.717, 1.165) is 25.7 Å². The van der Waals surface area contributed by atoms with Crippen LogP contribution in [0.4, 0.5) is 0 Å². The fourth-order valence-corrected chi connectivity index (χ4v) is 1.82. The van der Waals surface area contributed by atoms with E-state index >= 15 is 0 Å². The van der Waals surface area contributed by atoms with Crippen molar-refractivity contribution in [3.8, 4) is 0 Å². The number of nitrogens with two attached hydrogens (primary N) is 1. The van der Waals surface area contributed by atoms with E-state index in [2.05, 4.69) is 13.8 Å². The lowest BCUT2D eigenvalue weighted by atomic mass is 10.3. The van der Waals surface area contributed by atoms with Crippen molar-refractivity contribution in [1.29, 1.82) is 0 Å². The molecule has 22 heavy (non-hydrogen) atoms. The van der Waals surface area contributed by atoms with E-state index in [1.165, 1.54) is 0 Å². The van der Waals surface area contributed by atoms with Gasteiger partial charge in [0.25, 0.3) is 0 Å². The van der Waals surface area contributed by atoms with Crippen molar-refractivity contribution in [3.05, 3.63) is 0 Å². The average molecular weight is 316 g/mol. The van der Waals surface area contributed by atoms with Crippen LogP contribution in [0.3, 0.4) is 0 Å². The number of ether oxygens (including phenoxy) is 2. The van der Waals surface area contributed by atoms with Crippen LogP contribution in [-0.2, 0) is 19.1 Å². The molecule has 0 aromatic carbocycles. The zero-order chi connectivity index (χ0) is 16.6. The van der Waals surface area contributed by atoms with E-state index in [1.807, 2.05) is 4.90 Å². The lowest BCUT2D eigenvalue weighted by Gasteiger charge is -2.20. The average Bonchev–Trinajstić information content (AvgIpc) is 2.50. The van der Waals surface area contributed by atoms with Crippen LogP contribution in [0.5, 0.6) is 0 Å². The number of hydrogen-bond donors (Lipinski definition) is 1. The molecular formula is C16H32N2O4. The Morgan fingerprint density at radius 3 is 1.68 bits per heavy atom. The molecule has 0 saturated carbocycles. The number of unbranched alkanes of at least 4 members (excludes halogenated alkanes) is 2. The highest BCUT2D eigenvalue weighted by atomic mass is 16.5. The van der Waals surface area contributed by atoms with Crippen molar-refractivity contribution in [3.63, 3.8) is 0 Å². The second kappa shape index (κ2) is 14.8. The molecule has 0 atom stereocenters. The molecule has 2 N–H and O–H groups in total. The molecule has 6 nitrogen and oxygen atoms in total. The van der Waals surface area contributed by atoms with E-state index in [-0.39, 0.29) is 11.9 Å². The highest BCUT2D eigenvalue weighted by Gasteiger charge is 2.11. The molecule has 0 aliphatic carbocycles. The van der Waals surface area contributed by atoms with Crippen molar-refractivity contribution >= 4 is 11.9 Å². The summed E-state index contributed by atoms with van der Waals surface area (Å²) >= 11 is 0. The summed E-state index contributed by atoms with van der Waals surface area (Å²) in [7, 11) is 0. The molecule has 0 fully saturated rings. The zero-order valence-electron chi connectivity index (χ0n) is 14.1. The second-order valence-corrected chi connectivity index (χ2v) is 5.28. The summed E-state index contributed by atoms with van der Waals surface area (Å²) < 4.78 is 10.2. The van der Waals surface area contributed by atoms with Crippen molar-refractivity contribution in [2.45, 2.75) is 52.4 Å². The molecule has 0 rings (SSSR count). The first-order valence-electron chi connectivity index (χ1n) is 8.37. The maximum atomic E-state index is 11.6. The summed E-state index contributed by atoms with van der Waals surface area (Å²) in [5.74, 6) is -0.387. The molecule has 0 aliphatic rings. The SMILES string of the molecule is CCCCOC(=O)CCN(CCN)CCC(=O)OCCCC. The summed E-state index contributed by atoms with van der Waals surface area (Å²) in [5.41, 5.74) is 5.56. The molecule has 0 spiro atoms. The maximum absolute atomic E-state index is 11.6. The van der Waals surface area contributed by atoms with Gasteiger partial charge in [-0.1, -0.05) is 26.7 Å². The second-order valence-electron chi connectivity index (χ2n) is 5.28. The maximum Gasteiger partial charge on any atom is 0.307 e. The van der Waals surface area contributed by atoms with Crippen molar-refractivity contribution in [2.75, 3.05) is 39.4 Å². The molecule has 0 aromatic heterocycles. The minimum absolute atomic E-state index is 0.194. The lowest BCUT2D eigenvalue weighted by Crippen LogP contribution is -2.34. The van der Waals surface area contributed by atoms with E-state index in [1.54, 1.807) is 0 Å². The number of esters is 2. The molecule has 0 unspecified atom stereocenters. The lowest BCUT2D eigenvalue weighted by molar-refractivity contribution is -0.144. The van der Waals surface area contributed by atoms with E-state index in [0.29, 0.717) is 52.2 Å². The van der Waals surface area contributed by atoms with Gasteiger partial charge in [-0.2, -0.15) is 0 Å². The first kappa shape index (κ1) is 20.9. The third-order valence-electron chi connectivity index (χ3n) is 3.23. The van der Waals surface area contributed by atoms with Crippen LogP contribution in [-0.4, -0.2) is 56.2 Å². The van der Waals surface area contributed by atoms with Crippen LogP contribution in [0, 0.1) is 0 Å². The van der Waals surface area contributed by atoms with Gasteiger partial charge in [0, 0.05) is 26.2 Å². The number of carbonyl (C=O) groups is 2. The fourth-order valence-electron chi connectivity index (χ4n) is 1.82. The first-order chi connectivity index (χ1) is 10.6. The summed E-state index contributed by atoms with van der Waals surface area (Å²) in [6.07, 6.45) is 4.45. The molecule has 0 aromatic rings. The quantitative estimate of drug-likeness (QED) is 0.388. The zero-order valence-corrected chi connectivity index (χ0v) is 14.1. The Labute approximate surface area is 134 Å². The van der Waals surface area contributed by atoms with E-state index < -0.39 is 0 Å². The summed E-state index contributed by atoms with van der Waals surface area (Å²) in [4.78, 5) is 25.1. The highest BCUT2D eigenvalue weighted by molar-refractivity contribution is 5.70. The standard InChI is InChI=1S/C16H32N2O4/c1-3-5-13-21-15(19)7-10-18(12-9-17)11-8-16(20)22-14-6-4-2/h3-14,17H2,1-2H3. The Morgan fingerprint density at radius 1 is 0.864 bits per heavy atom. The van der Waals surface area contributed by atoms with Gasteiger partial charge in [-0.3, -0.25) is 9.59 Å². The Bertz CT molecular complexity index is 272. The van der Waals surface area contributed by atoms with Gasteiger partial charge in [-0.05, 0) is 12.8 Å². The summed E-state index contributed by atoms with van der Waals surface area (Å²) in [6, 6.07) is 0. The fraction of sp³-hybridized carbons (Fsp3) is 0.875. The summed E-state index contributed by atoms with van der Waals surface area (Å²) in [6.45, 7) is 7.34. The molecule has 0 radical (unpaired) electrons. The third kappa shape index (κ3) is 12.6. The third-order valence-corrected chi connectivity index (χ3v) is 3.23. The van der Waals surface area contributed by atoms with E-state index in [9.17, 15) is 9.59 Å². The molecule has 0 heterocycles. The van der Waals surface area contributed by atoms with Crippen LogP contribution in [0.25, 0.3) is 0 Å². The summed E-state index contributed by atoms with van der Waals surface area (Å²) in [5, 5.41) is 0. The molecule has 0 aliphatic heterocycles. The van der Waals surface area contributed by atoms with Crippen molar-refractivity contribution in [2.24, 2.45) is 5.73 Å². The van der Waals surface area contributed by atoms with Crippen molar-refractivity contribution in [1.82, 2.24) is 4.90 Å². The minimum atomic E-state index is -0.194. The topological polar surface area (TPSA) is 81.9 Å².